The summed E-state index contributed by atoms with van der Waals surface area (Å²) < 4.78 is 28.0. The van der Waals surface area contributed by atoms with Gasteiger partial charge in [0.15, 0.2) is 9.84 Å². The van der Waals surface area contributed by atoms with Crippen molar-refractivity contribution in [2.24, 2.45) is 0 Å². The van der Waals surface area contributed by atoms with E-state index in [0.29, 0.717) is 18.1 Å². The van der Waals surface area contributed by atoms with Crippen molar-refractivity contribution >= 4 is 15.9 Å². The first-order chi connectivity index (χ1) is 11.4. The molecule has 1 fully saturated rings. The minimum absolute atomic E-state index is 0.0146. The SMILES string of the molecule is CN(Cc1nc(-c2ccncc2)no1)C(=O)N[C@H]1CCS(=O)(=O)C1. The van der Waals surface area contributed by atoms with Crippen LogP contribution in [0.5, 0.6) is 0 Å². The summed E-state index contributed by atoms with van der Waals surface area (Å²) in [6.45, 7) is 0.128. The molecule has 1 saturated heterocycles. The van der Waals surface area contributed by atoms with Gasteiger partial charge in [-0.3, -0.25) is 4.98 Å². The van der Waals surface area contributed by atoms with E-state index in [1.54, 1.807) is 31.6 Å². The van der Waals surface area contributed by atoms with Crippen LogP contribution in [-0.2, 0) is 16.4 Å². The third-order valence-electron chi connectivity index (χ3n) is 3.69. The zero-order valence-corrected chi connectivity index (χ0v) is 13.9. The fraction of sp³-hybridized carbons (Fsp3) is 0.429. The Labute approximate surface area is 139 Å². The summed E-state index contributed by atoms with van der Waals surface area (Å²) in [5, 5.41) is 6.57. The summed E-state index contributed by atoms with van der Waals surface area (Å²) in [6.07, 6.45) is 3.69. The van der Waals surface area contributed by atoms with Crippen LogP contribution in [0.2, 0.25) is 0 Å². The molecule has 0 radical (unpaired) electrons. The minimum atomic E-state index is -3.03. The van der Waals surface area contributed by atoms with E-state index >= 15 is 0 Å². The Balaban J connectivity index is 1.58. The number of aromatic nitrogens is 3. The van der Waals surface area contributed by atoms with Crippen LogP contribution in [0.15, 0.2) is 29.0 Å². The predicted molar refractivity (Wildman–Crippen MR) is 84.6 cm³/mol. The van der Waals surface area contributed by atoms with Crippen molar-refractivity contribution in [3.63, 3.8) is 0 Å². The van der Waals surface area contributed by atoms with Gasteiger partial charge in [0.1, 0.15) is 6.54 Å². The molecule has 1 atom stereocenters. The van der Waals surface area contributed by atoms with Crippen molar-refractivity contribution < 1.29 is 17.7 Å². The molecule has 1 N–H and O–H groups in total. The Bertz CT molecular complexity index is 821. The molecule has 1 aliphatic heterocycles. The average Bonchev–Trinajstić information content (AvgIpc) is 3.14. The second kappa shape index (κ2) is 6.56. The first-order valence-corrected chi connectivity index (χ1v) is 9.20. The highest BCUT2D eigenvalue weighted by atomic mass is 32.2. The summed E-state index contributed by atoms with van der Waals surface area (Å²) in [4.78, 5) is 21.6. The molecule has 3 heterocycles. The lowest BCUT2D eigenvalue weighted by Gasteiger charge is -2.18. The number of carbonyl (C=O) groups is 1. The van der Waals surface area contributed by atoms with Gasteiger partial charge in [-0.15, -0.1) is 0 Å². The van der Waals surface area contributed by atoms with Gasteiger partial charge in [-0.1, -0.05) is 5.16 Å². The molecule has 0 aliphatic carbocycles. The zero-order valence-electron chi connectivity index (χ0n) is 13.0. The van der Waals surface area contributed by atoms with Crippen molar-refractivity contribution in [2.45, 2.75) is 19.0 Å². The second-order valence-electron chi connectivity index (χ2n) is 5.65. The van der Waals surface area contributed by atoms with Crippen molar-refractivity contribution in [3.05, 3.63) is 30.4 Å². The van der Waals surface area contributed by atoms with E-state index < -0.39 is 9.84 Å². The highest BCUT2D eigenvalue weighted by molar-refractivity contribution is 7.91. The van der Waals surface area contributed by atoms with Crippen LogP contribution in [0, 0.1) is 0 Å². The monoisotopic (exact) mass is 351 g/mol. The fourth-order valence-corrected chi connectivity index (χ4v) is 4.08. The Morgan fingerprint density at radius 3 is 2.83 bits per heavy atom. The van der Waals surface area contributed by atoms with Gasteiger partial charge in [0.25, 0.3) is 0 Å². The van der Waals surface area contributed by atoms with Crippen molar-refractivity contribution in [3.8, 4) is 11.4 Å². The molecule has 0 aromatic carbocycles. The quantitative estimate of drug-likeness (QED) is 0.850. The molecule has 2 aromatic heterocycles. The molecule has 128 valence electrons. The number of amides is 2. The van der Waals surface area contributed by atoms with Gasteiger partial charge in [-0.05, 0) is 18.6 Å². The maximum Gasteiger partial charge on any atom is 0.317 e. The Morgan fingerprint density at radius 1 is 1.42 bits per heavy atom. The lowest BCUT2D eigenvalue weighted by molar-refractivity contribution is 0.196. The molecule has 0 spiro atoms. The van der Waals surface area contributed by atoms with E-state index in [-0.39, 0.29) is 30.1 Å². The van der Waals surface area contributed by atoms with E-state index in [0.717, 1.165) is 5.56 Å². The van der Waals surface area contributed by atoms with Gasteiger partial charge in [0, 0.05) is 31.0 Å². The predicted octanol–water partition coefficient (Wildman–Crippen LogP) is 0.460. The van der Waals surface area contributed by atoms with Gasteiger partial charge < -0.3 is 14.7 Å². The van der Waals surface area contributed by atoms with E-state index in [4.69, 9.17) is 4.52 Å². The summed E-state index contributed by atoms with van der Waals surface area (Å²) in [6, 6.07) is 2.79. The van der Waals surface area contributed by atoms with Crippen molar-refractivity contribution in [1.82, 2.24) is 25.3 Å². The number of pyridine rings is 1. The number of rotatable bonds is 4. The molecule has 2 aromatic rings. The summed E-state index contributed by atoms with van der Waals surface area (Å²) in [5.41, 5.74) is 0.767. The fourth-order valence-electron chi connectivity index (χ4n) is 2.41. The number of sulfone groups is 1. The summed E-state index contributed by atoms with van der Waals surface area (Å²) in [5.74, 6) is 0.807. The van der Waals surface area contributed by atoms with Crippen molar-refractivity contribution in [2.75, 3.05) is 18.6 Å². The molecule has 24 heavy (non-hydrogen) atoms. The molecule has 2 amide bonds. The lowest BCUT2D eigenvalue weighted by atomic mass is 10.2. The standard InChI is InChI=1S/C14H17N5O4S/c1-19(14(20)16-11-4-7-24(21,22)9-11)8-12-17-13(18-23-12)10-2-5-15-6-3-10/h2-3,5-6,11H,4,7-9H2,1H3,(H,16,20)/t11-/m0/s1. The van der Waals surface area contributed by atoms with Crippen LogP contribution in [0.3, 0.4) is 0 Å². The molecule has 10 heteroatoms. The molecule has 9 nitrogen and oxygen atoms in total. The highest BCUT2D eigenvalue weighted by Gasteiger charge is 2.29. The maximum atomic E-state index is 12.1. The number of nitrogens with zero attached hydrogens (tertiary/aromatic N) is 4. The summed E-state index contributed by atoms with van der Waals surface area (Å²) in [7, 11) is -1.45. The number of carbonyl (C=O) groups excluding carboxylic acids is 1. The normalized spacial score (nSPS) is 19.1. The largest absolute Gasteiger partial charge is 0.337 e. The third kappa shape index (κ3) is 3.88. The van der Waals surface area contributed by atoms with Crippen LogP contribution >= 0.6 is 0 Å². The van der Waals surface area contributed by atoms with Crippen LogP contribution in [0.4, 0.5) is 4.79 Å². The molecular weight excluding hydrogens is 334 g/mol. The van der Waals surface area contributed by atoms with Gasteiger partial charge in [0.2, 0.25) is 11.7 Å². The molecule has 0 unspecified atom stereocenters. The van der Waals surface area contributed by atoms with Crippen LogP contribution in [0.25, 0.3) is 11.4 Å². The van der Waals surface area contributed by atoms with Crippen LogP contribution < -0.4 is 5.32 Å². The Kier molecular flexibility index (Phi) is 4.47. The van der Waals surface area contributed by atoms with Gasteiger partial charge in [-0.25, -0.2) is 13.2 Å². The minimum Gasteiger partial charge on any atom is -0.337 e. The topological polar surface area (TPSA) is 118 Å². The molecular formula is C14H17N5O4S. The van der Waals surface area contributed by atoms with E-state index in [1.165, 1.54) is 4.90 Å². The number of nitrogens with one attached hydrogen (secondary N) is 1. The highest BCUT2D eigenvalue weighted by Crippen LogP contribution is 2.15. The van der Waals surface area contributed by atoms with Gasteiger partial charge in [-0.2, -0.15) is 4.98 Å². The molecule has 1 aliphatic rings. The summed E-state index contributed by atoms with van der Waals surface area (Å²) >= 11 is 0. The number of hydrogen-bond donors (Lipinski definition) is 1. The smallest absolute Gasteiger partial charge is 0.317 e. The van der Waals surface area contributed by atoms with E-state index in [2.05, 4.69) is 20.4 Å². The number of hydrogen-bond acceptors (Lipinski definition) is 7. The lowest BCUT2D eigenvalue weighted by Crippen LogP contribution is -2.43. The first kappa shape index (κ1) is 16.4. The maximum absolute atomic E-state index is 12.1. The Hall–Kier alpha value is -2.49. The number of urea groups is 1. The first-order valence-electron chi connectivity index (χ1n) is 7.38. The van der Waals surface area contributed by atoms with E-state index in [9.17, 15) is 13.2 Å². The second-order valence-corrected chi connectivity index (χ2v) is 7.88. The third-order valence-corrected chi connectivity index (χ3v) is 5.45. The molecule has 0 bridgehead atoms. The van der Waals surface area contributed by atoms with Crippen LogP contribution in [0.1, 0.15) is 12.3 Å². The zero-order chi connectivity index (χ0) is 17.2. The van der Waals surface area contributed by atoms with Crippen molar-refractivity contribution in [1.29, 1.82) is 0 Å². The average molecular weight is 351 g/mol. The van der Waals surface area contributed by atoms with Gasteiger partial charge >= 0.3 is 6.03 Å². The Morgan fingerprint density at radius 2 is 2.17 bits per heavy atom. The van der Waals surface area contributed by atoms with Gasteiger partial charge in [0.05, 0.1) is 11.5 Å². The molecule has 3 rings (SSSR count). The molecule has 0 saturated carbocycles. The van der Waals surface area contributed by atoms with E-state index in [1.807, 2.05) is 0 Å². The van der Waals surface area contributed by atoms with Crippen LogP contribution in [-0.4, -0.2) is 59.1 Å².